The van der Waals surface area contributed by atoms with Crippen LogP contribution in [0.15, 0.2) is 18.2 Å². The van der Waals surface area contributed by atoms with E-state index in [1.165, 1.54) is 19.2 Å². The van der Waals surface area contributed by atoms with E-state index in [2.05, 4.69) is 25.8 Å². The molecule has 0 saturated heterocycles. The van der Waals surface area contributed by atoms with Crippen molar-refractivity contribution >= 4 is 40.6 Å². The van der Waals surface area contributed by atoms with Crippen LogP contribution in [0.3, 0.4) is 0 Å². The third-order valence-corrected chi connectivity index (χ3v) is 3.11. The van der Waals surface area contributed by atoms with Gasteiger partial charge in [-0.05, 0) is 18.2 Å². The molecular formula is C12H8Cl2F3N5O. The van der Waals surface area contributed by atoms with Crippen molar-refractivity contribution < 1.29 is 18.0 Å². The van der Waals surface area contributed by atoms with E-state index in [0.29, 0.717) is 6.07 Å². The monoisotopic (exact) mass is 365 g/mol. The smallest absolute Gasteiger partial charge is 0.370 e. The Morgan fingerprint density at radius 1 is 1.22 bits per heavy atom. The van der Waals surface area contributed by atoms with Crippen LogP contribution in [0.5, 0.6) is 0 Å². The number of nitrogens with one attached hydrogen (secondary N) is 2. The van der Waals surface area contributed by atoms with Gasteiger partial charge in [0.1, 0.15) is 10.8 Å². The Hall–Kier alpha value is -2.13. The van der Waals surface area contributed by atoms with E-state index in [1.807, 2.05) is 0 Å². The highest BCUT2D eigenvalue weighted by Gasteiger charge is 2.34. The number of hydrogen-bond acceptors (Lipinski definition) is 5. The summed E-state index contributed by atoms with van der Waals surface area (Å²) >= 11 is 11.5. The van der Waals surface area contributed by atoms with Crippen molar-refractivity contribution in [2.45, 2.75) is 6.18 Å². The summed E-state index contributed by atoms with van der Waals surface area (Å²) in [6.07, 6.45) is -4.70. The summed E-state index contributed by atoms with van der Waals surface area (Å²) in [5.41, 5.74) is -1.71. The van der Waals surface area contributed by atoms with Crippen molar-refractivity contribution in [1.29, 1.82) is 0 Å². The fourth-order valence-electron chi connectivity index (χ4n) is 1.57. The molecule has 2 N–H and O–H groups in total. The SMILES string of the molecule is CNc1nnc(C(F)(F)F)cc1NC(=O)c1nc(Cl)ccc1Cl. The normalized spacial score (nSPS) is 11.2. The van der Waals surface area contributed by atoms with Gasteiger partial charge in [-0.15, -0.1) is 10.2 Å². The van der Waals surface area contributed by atoms with Gasteiger partial charge in [-0.3, -0.25) is 4.79 Å². The van der Waals surface area contributed by atoms with Gasteiger partial charge in [0, 0.05) is 7.05 Å². The lowest BCUT2D eigenvalue weighted by Gasteiger charge is -2.12. The van der Waals surface area contributed by atoms with E-state index in [4.69, 9.17) is 23.2 Å². The van der Waals surface area contributed by atoms with Crippen LogP contribution in [0, 0.1) is 0 Å². The molecule has 0 aliphatic heterocycles. The number of halogens is 5. The Labute approximate surface area is 138 Å². The second-order valence-corrected chi connectivity index (χ2v) is 4.95. The number of amides is 1. The number of aromatic nitrogens is 3. The minimum Gasteiger partial charge on any atom is -0.370 e. The number of carbonyl (C=O) groups is 1. The van der Waals surface area contributed by atoms with Crippen molar-refractivity contribution in [3.8, 4) is 0 Å². The molecule has 6 nitrogen and oxygen atoms in total. The highest BCUT2D eigenvalue weighted by molar-refractivity contribution is 6.35. The summed E-state index contributed by atoms with van der Waals surface area (Å²) in [4.78, 5) is 15.9. The van der Waals surface area contributed by atoms with Gasteiger partial charge in [-0.1, -0.05) is 23.2 Å². The number of rotatable bonds is 3. The molecule has 2 aromatic rings. The van der Waals surface area contributed by atoms with Gasteiger partial charge in [0.15, 0.2) is 11.5 Å². The Morgan fingerprint density at radius 2 is 1.91 bits per heavy atom. The number of hydrogen-bond donors (Lipinski definition) is 2. The quantitative estimate of drug-likeness (QED) is 0.813. The molecule has 0 aromatic carbocycles. The molecule has 0 bridgehead atoms. The molecule has 122 valence electrons. The topological polar surface area (TPSA) is 79.8 Å². The molecule has 2 aromatic heterocycles. The van der Waals surface area contributed by atoms with Crippen LogP contribution in [0.4, 0.5) is 24.7 Å². The predicted octanol–water partition coefficient (Wildman–Crippen LogP) is 3.49. The first kappa shape index (κ1) is 17.2. The average molecular weight is 366 g/mol. The zero-order valence-electron chi connectivity index (χ0n) is 11.4. The summed E-state index contributed by atoms with van der Waals surface area (Å²) < 4.78 is 38.1. The van der Waals surface area contributed by atoms with Crippen molar-refractivity contribution in [2.75, 3.05) is 17.7 Å². The lowest BCUT2D eigenvalue weighted by molar-refractivity contribution is -0.141. The largest absolute Gasteiger partial charge is 0.435 e. The third kappa shape index (κ3) is 3.99. The molecule has 1 amide bonds. The number of pyridine rings is 1. The molecule has 0 saturated carbocycles. The third-order valence-electron chi connectivity index (χ3n) is 2.60. The number of nitrogens with zero attached hydrogens (tertiary/aromatic N) is 3. The van der Waals surface area contributed by atoms with E-state index in [9.17, 15) is 18.0 Å². The second-order valence-electron chi connectivity index (χ2n) is 4.16. The highest BCUT2D eigenvalue weighted by Crippen LogP contribution is 2.31. The lowest BCUT2D eigenvalue weighted by Crippen LogP contribution is -2.18. The molecule has 0 aliphatic carbocycles. The van der Waals surface area contributed by atoms with Crippen LogP contribution in [0.25, 0.3) is 0 Å². The molecule has 2 heterocycles. The second kappa shape index (κ2) is 6.55. The molecule has 0 radical (unpaired) electrons. The molecule has 0 atom stereocenters. The van der Waals surface area contributed by atoms with Crippen LogP contribution in [-0.2, 0) is 6.18 Å². The number of carbonyl (C=O) groups excluding carboxylic acids is 1. The summed E-state index contributed by atoms with van der Waals surface area (Å²) in [6, 6.07) is 3.36. The van der Waals surface area contributed by atoms with E-state index in [0.717, 1.165) is 0 Å². The molecule has 0 fully saturated rings. The first-order valence-electron chi connectivity index (χ1n) is 5.98. The summed E-state index contributed by atoms with van der Waals surface area (Å²) in [7, 11) is 1.41. The lowest BCUT2D eigenvalue weighted by atomic mass is 10.3. The van der Waals surface area contributed by atoms with Gasteiger partial charge < -0.3 is 10.6 Å². The fraction of sp³-hybridized carbons (Fsp3) is 0.167. The fourth-order valence-corrected chi connectivity index (χ4v) is 1.91. The maximum atomic E-state index is 12.7. The first-order valence-corrected chi connectivity index (χ1v) is 6.74. The van der Waals surface area contributed by atoms with Crippen LogP contribution >= 0.6 is 23.2 Å². The summed E-state index contributed by atoms with van der Waals surface area (Å²) in [5.74, 6) is -0.889. The number of alkyl halides is 3. The zero-order valence-corrected chi connectivity index (χ0v) is 12.9. The minimum atomic E-state index is -4.70. The van der Waals surface area contributed by atoms with Crippen molar-refractivity contribution in [3.63, 3.8) is 0 Å². The van der Waals surface area contributed by atoms with Gasteiger partial charge in [0.25, 0.3) is 5.91 Å². The van der Waals surface area contributed by atoms with Crippen molar-refractivity contribution in [3.05, 3.63) is 39.8 Å². The average Bonchev–Trinajstić information content (AvgIpc) is 2.48. The maximum Gasteiger partial charge on any atom is 0.435 e. The van der Waals surface area contributed by atoms with Gasteiger partial charge in [-0.25, -0.2) is 4.98 Å². The van der Waals surface area contributed by atoms with Gasteiger partial charge in [0.05, 0.1) is 10.7 Å². The number of anilines is 2. The summed E-state index contributed by atoms with van der Waals surface area (Å²) in [6.45, 7) is 0. The summed E-state index contributed by atoms with van der Waals surface area (Å²) in [5, 5.41) is 11.2. The van der Waals surface area contributed by atoms with Crippen LogP contribution in [-0.4, -0.2) is 28.1 Å². The Balaban J connectivity index is 2.38. The van der Waals surface area contributed by atoms with Crippen LogP contribution in [0.2, 0.25) is 10.2 Å². The van der Waals surface area contributed by atoms with Crippen LogP contribution in [0.1, 0.15) is 16.2 Å². The van der Waals surface area contributed by atoms with Gasteiger partial charge in [0.2, 0.25) is 0 Å². The van der Waals surface area contributed by atoms with Crippen LogP contribution < -0.4 is 10.6 Å². The van der Waals surface area contributed by atoms with E-state index >= 15 is 0 Å². The standard InChI is InChI=1S/C12H8Cl2F3N5O/c1-18-10-6(4-7(21-22-10)12(15,16)17)19-11(23)9-5(13)2-3-8(14)20-9/h2-4H,1H3,(H,18,22)(H,19,21,23). The van der Waals surface area contributed by atoms with Gasteiger partial charge >= 0.3 is 6.18 Å². The molecule has 0 spiro atoms. The molecule has 11 heteroatoms. The predicted molar refractivity (Wildman–Crippen MR) is 78.8 cm³/mol. The zero-order chi connectivity index (χ0) is 17.2. The molecule has 2 rings (SSSR count). The Kier molecular flexibility index (Phi) is 4.90. The van der Waals surface area contributed by atoms with E-state index in [1.54, 1.807) is 0 Å². The minimum absolute atomic E-state index is 0.00373. The molecular weight excluding hydrogens is 358 g/mol. The van der Waals surface area contributed by atoms with Crippen molar-refractivity contribution in [2.24, 2.45) is 0 Å². The first-order chi connectivity index (χ1) is 10.7. The Bertz CT molecular complexity index is 754. The Morgan fingerprint density at radius 3 is 2.52 bits per heavy atom. The van der Waals surface area contributed by atoms with E-state index < -0.39 is 17.8 Å². The van der Waals surface area contributed by atoms with Gasteiger partial charge in [-0.2, -0.15) is 13.2 Å². The van der Waals surface area contributed by atoms with Crippen molar-refractivity contribution in [1.82, 2.24) is 15.2 Å². The maximum absolute atomic E-state index is 12.7. The molecule has 0 aliphatic rings. The molecule has 0 unspecified atom stereocenters. The highest BCUT2D eigenvalue weighted by atomic mass is 35.5. The molecule has 23 heavy (non-hydrogen) atoms. The van der Waals surface area contributed by atoms with E-state index in [-0.39, 0.29) is 27.4 Å².